The fraction of sp³-hybridized carbons (Fsp3) is 0.667. The van der Waals surface area contributed by atoms with Gasteiger partial charge in [-0.1, -0.05) is 63.4 Å². The highest BCUT2D eigenvalue weighted by Crippen LogP contribution is 2.28. The number of benzene rings is 1. The summed E-state index contributed by atoms with van der Waals surface area (Å²) in [6.07, 6.45) is 3.00. The number of aryl methyl sites for hydroxylation is 1. The van der Waals surface area contributed by atoms with Crippen molar-refractivity contribution in [2.24, 2.45) is 11.7 Å². The second-order valence-electron chi connectivity index (χ2n) is 11.7. The van der Waals surface area contributed by atoms with Crippen molar-refractivity contribution in [1.82, 2.24) is 15.5 Å². The molecule has 9 heteroatoms. The highest BCUT2D eigenvalue weighted by atomic mass is 16.6. The minimum atomic E-state index is -1.29. The average Bonchev–Trinajstić information content (AvgIpc) is 2.81. The van der Waals surface area contributed by atoms with E-state index in [0.29, 0.717) is 24.4 Å². The van der Waals surface area contributed by atoms with E-state index in [1.807, 2.05) is 38.1 Å². The molecule has 0 aliphatic rings. The van der Waals surface area contributed by atoms with Crippen molar-refractivity contribution in [3.63, 3.8) is 0 Å². The SMILES string of the molecule is CCCCCNC(=O)C(c1cccc(C)c1)N(C(=O)C(CC(N)=O)NC(=O)OC(C)(C)C)C(C)CCC(C)C. The third kappa shape index (κ3) is 12.5. The number of amides is 4. The molecule has 0 aliphatic heterocycles. The predicted molar refractivity (Wildman–Crippen MR) is 154 cm³/mol. The second-order valence-corrected chi connectivity index (χ2v) is 11.7. The molecule has 0 aliphatic carbocycles. The summed E-state index contributed by atoms with van der Waals surface area (Å²) in [6, 6.07) is 4.86. The monoisotopic (exact) mass is 546 g/mol. The Morgan fingerprint density at radius 2 is 1.72 bits per heavy atom. The molecule has 0 saturated heterocycles. The molecular weight excluding hydrogens is 496 g/mol. The van der Waals surface area contributed by atoms with E-state index in [0.717, 1.165) is 31.2 Å². The maximum Gasteiger partial charge on any atom is 0.408 e. The lowest BCUT2D eigenvalue weighted by molar-refractivity contribution is -0.146. The molecule has 4 amide bonds. The fourth-order valence-corrected chi connectivity index (χ4v) is 4.31. The van der Waals surface area contributed by atoms with Gasteiger partial charge in [0.2, 0.25) is 17.7 Å². The number of nitrogens with two attached hydrogens (primary N) is 1. The predicted octanol–water partition coefficient (Wildman–Crippen LogP) is 4.76. The number of carbonyl (C=O) groups excluding carboxylic acids is 4. The minimum absolute atomic E-state index is 0.309. The van der Waals surface area contributed by atoms with Gasteiger partial charge in [-0.2, -0.15) is 0 Å². The molecule has 3 unspecified atom stereocenters. The van der Waals surface area contributed by atoms with Gasteiger partial charge in [0.05, 0.1) is 6.42 Å². The maximum atomic E-state index is 14.2. The van der Waals surface area contributed by atoms with Crippen molar-refractivity contribution in [2.75, 3.05) is 6.54 Å². The van der Waals surface area contributed by atoms with E-state index >= 15 is 0 Å². The molecule has 1 aromatic carbocycles. The molecule has 3 atom stereocenters. The first-order chi connectivity index (χ1) is 18.2. The summed E-state index contributed by atoms with van der Waals surface area (Å²) in [7, 11) is 0. The smallest absolute Gasteiger partial charge is 0.408 e. The number of carbonyl (C=O) groups is 4. The topological polar surface area (TPSA) is 131 Å². The van der Waals surface area contributed by atoms with Crippen LogP contribution in [0.1, 0.15) is 104 Å². The van der Waals surface area contributed by atoms with E-state index in [1.54, 1.807) is 20.8 Å². The summed E-state index contributed by atoms with van der Waals surface area (Å²) in [5.41, 5.74) is 6.28. The summed E-state index contributed by atoms with van der Waals surface area (Å²) >= 11 is 0. The van der Waals surface area contributed by atoms with Crippen molar-refractivity contribution in [1.29, 1.82) is 0 Å². The number of hydrogen-bond acceptors (Lipinski definition) is 5. The Bertz CT molecular complexity index is 957. The number of unbranched alkanes of at least 4 members (excludes halogenated alkanes) is 2. The van der Waals surface area contributed by atoms with Crippen LogP contribution in [-0.4, -0.2) is 52.9 Å². The summed E-state index contributed by atoms with van der Waals surface area (Å²) in [5.74, 6) is -1.25. The van der Waals surface area contributed by atoms with Gasteiger partial charge in [0.25, 0.3) is 0 Å². The highest BCUT2D eigenvalue weighted by Gasteiger charge is 2.39. The Morgan fingerprint density at radius 1 is 1.05 bits per heavy atom. The molecule has 1 aromatic rings. The Hall–Kier alpha value is -3.10. The molecule has 1 rings (SSSR count). The number of rotatable bonds is 15. The molecule has 0 saturated carbocycles. The van der Waals surface area contributed by atoms with E-state index in [4.69, 9.17) is 10.5 Å². The zero-order valence-electron chi connectivity index (χ0n) is 25.1. The van der Waals surface area contributed by atoms with Gasteiger partial charge in [-0.3, -0.25) is 14.4 Å². The van der Waals surface area contributed by atoms with Crippen molar-refractivity contribution < 1.29 is 23.9 Å². The van der Waals surface area contributed by atoms with Crippen LogP contribution < -0.4 is 16.4 Å². The van der Waals surface area contributed by atoms with Gasteiger partial charge in [0.15, 0.2) is 0 Å². The van der Waals surface area contributed by atoms with Crippen LogP contribution in [-0.2, 0) is 19.1 Å². The van der Waals surface area contributed by atoms with E-state index < -0.39 is 42.0 Å². The summed E-state index contributed by atoms with van der Waals surface area (Å²) < 4.78 is 5.35. The van der Waals surface area contributed by atoms with Crippen LogP contribution in [0.5, 0.6) is 0 Å². The van der Waals surface area contributed by atoms with Gasteiger partial charge in [-0.05, 0) is 65.4 Å². The Balaban J connectivity index is 3.57. The molecule has 220 valence electrons. The first kappa shape index (κ1) is 33.9. The van der Waals surface area contributed by atoms with Gasteiger partial charge in [0, 0.05) is 12.6 Å². The van der Waals surface area contributed by atoms with Crippen molar-refractivity contribution in [3.8, 4) is 0 Å². The largest absolute Gasteiger partial charge is 0.444 e. The normalized spacial score (nSPS) is 13.8. The number of alkyl carbamates (subject to hydrolysis) is 1. The van der Waals surface area contributed by atoms with Crippen LogP contribution in [0.2, 0.25) is 0 Å². The van der Waals surface area contributed by atoms with Gasteiger partial charge in [-0.25, -0.2) is 4.79 Å². The highest BCUT2D eigenvalue weighted by molar-refractivity contribution is 5.94. The summed E-state index contributed by atoms with van der Waals surface area (Å²) in [4.78, 5) is 54.1. The molecule has 4 N–H and O–H groups in total. The van der Waals surface area contributed by atoms with Gasteiger partial charge < -0.3 is 26.0 Å². The third-order valence-corrected chi connectivity index (χ3v) is 6.25. The Kier molecular flexibility index (Phi) is 14.0. The fourth-order valence-electron chi connectivity index (χ4n) is 4.31. The lowest BCUT2D eigenvalue weighted by Crippen LogP contribution is -2.56. The maximum absolute atomic E-state index is 14.2. The standard InChI is InChI=1S/C30H50N4O5/c1-9-10-11-17-32-27(36)26(23-14-12-13-21(4)18-23)34(22(5)16-15-20(2)3)28(37)24(19-25(31)35)33-29(38)39-30(6,7)8/h12-14,18,20,22,24,26H,9-11,15-17,19H2,1-8H3,(H2,31,35)(H,32,36)(H,33,38). The van der Waals surface area contributed by atoms with Crippen LogP contribution >= 0.6 is 0 Å². The van der Waals surface area contributed by atoms with Crippen molar-refractivity contribution in [3.05, 3.63) is 35.4 Å². The number of primary amides is 1. The van der Waals surface area contributed by atoms with Crippen LogP contribution in [0.25, 0.3) is 0 Å². The number of nitrogens with one attached hydrogen (secondary N) is 2. The number of ether oxygens (including phenoxy) is 1. The van der Waals surface area contributed by atoms with E-state index in [9.17, 15) is 19.2 Å². The van der Waals surface area contributed by atoms with Crippen LogP contribution in [0.15, 0.2) is 24.3 Å². The van der Waals surface area contributed by atoms with Crippen molar-refractivity contribution in [2.45, 2.75) is 118 Å². The molecule has 0 heterocycles. The van der Waals surface area contributed by atoms with E-state index in [1.165, 1.54) is 4.90 Å². The summed E-state index contributed by atoms with van der Waals surface area (Å²) in [6.45, 7) is 15.7. The lowest BCUT2D eigenvalue weighted by Gasteiger charge is -2.38. The first-order valence-electron chi connectivity index (χ1n) is 14.1. The lowest BCUT2D eigenvalue weighted by atomic mass is 9.96. The zero-order valence-corrected chi connectivity index (χ0v) is 25.1. The Labute approximate surface area is 234 Å². The van der Waals surface area contributed by atoms with E-state index in [2.05, 4.69) is 31.4 Å². The molecule has 39 heavy (non-hydrogen) atoms. The molecule has 9 nitrogen and oxygen atoms in total. The molecular formula is C30H50N4O5. The number of nitrogens with zero attached hydrogens (tertiary/aromatic N) is 1. The second kappa shape index (κ2) is 16.1. The number of hydrogen-bond donors (Lipinski definition) is 3. The van der Waals surface area contributed by atoms with Gasteiger partial charge >= 0.3 is 6.09 Å². The molecule has 0 spiro atoms. The Morgan fingerprint density at radius 3 is 2.26 bits per heavy atom. The minimum Gasteiger partial charge on any atom is -0.444 e. The van der Waals surface area contributed by atoms with Gasteiger partial charge in [-0.15, -0.1) is 0 Å². The third-order valence-electron chi connectivity index (χ3n) is 6.25. The zero-order chi connectivity index (χ0) is 29.8. The van der Waals surface area contributed by atoms with Crippen LogP contribution in [0, 0.1) is 12.8 Å². The molecule has 0 bridgehead atoms. The van der Waals surface area contributed by atoms with Gasteiger partial charge in [0.1, 0.15) is 17.7 Å². The quantitative estimate of drug-likeness (QED) is 0.273. The molecule has 0 radical (unpaired) electrons. The van der Waals surface area contributed by atoms with Crippen LogP contribution in [0.4, 0.5) is 4.79 Å². The first-order valence-corrected chi connectivity index (χ1v) is 14.1. The summed E-state index contributed by atoms with van der Waals surface area (Å²) in [5, 5.41) is 5.54. The molecule has 0 aromatic heterocycles. The van der Waals surface area contributed by atoms with Crippen molar-refractivity contribution >= 4 is 23.8 Å². The molecule has 0 fully saturated rings. The van der Waals surface area contributed by atoms with E-state index in [-0.39, 0.29) is 11.9 Å². The van der Waals surface area contributed by atoms with Crippen LogP contribution in [0.3, 0.4) is 0 Å². The average molecular weight is 547 g/mol.